The van der Waals surface area contributed by atoms with Gasteiger partial charge >= 0.3 is 0 Å². The largest absolute Gasteiger partial charge is 0.395 e. The number of fused-ring (bicyclic) bond motifs is 1. The maximum absolute atomic E-state index is 9.07. The van der Waals surface area contributed by atoms with Crippen molar-refractivity contribution in [2.75, 3.05) is 49.7 Å². The fourth-order valence-corrected chi connectivity index (χ4v) is 2.74. The summed E-state index contributed by atoms with van der Waals surface area (Å²) in [5.74, 6) is 6.97. The molecule has 0 bridgehead atoms. The summed E-state index contributed by atoms with van der Waals surface area (Å²) < 4.78 is 1.92. The van der Waals surface area contributed by atoms with Gasteiger partial charge in [0.1, 0.15) is 0 Å². The lowest BCUT2D eigenvalue weighted by Gasteiger charge is -2.23. The SMILES string of the molecule is NNc1cn2ccnc2c(N2CCCN(CCO)CC2)n1. The molecule has 0 atom stereocenters. The molecule has 0 aliphatic carbocycles. The zero-order chi connectivity index (χ0) is 14.7. The zero-order valence-corrected chi connectivity index (χ0v) is 11.9. The van der Waals surface area contributed by atoms with E-state index in [0.717, 1.165) is 50.6 Å². The van der Waals surface area contributed by atoms with Gasteiger partial charge < -0.3 is 19.8 Å². The Morgan fingerprint density at radius 3 is 3.00 bits per heavy atom. The summed E-state index contributed by atoms with van der Waals surface area (Å²) in [6, 6.07) is 0. The molecule has 1 aliphatic rings. The molecule has 3 heterocycles. The number of rotatable bonds is 4. The highest BCUT2D eigenvalue weighted by Gasteiger charge is 2.19. The average molecular weight is 291 g/mol. The Morgan fingerprint density at radius 2 is 2.19 bits per heavy atom. The molecule has 21 heavy (non-hydrogen) atoms. The number of nitrogens with one attached hydrogen (secondary N) is 1. The normalized spacial score (nSPS) is 17.1. The number of anilines is 2. The molecule has 0 unspecified atom stereocenters. The van der Waals surface area contributed by atoms with Gasteiger partial charge in [0.05, 0.1) is 12.8 Å². The number of hydrogen-bond acceptors (Lipinski definition) is 7. The third-order valence-electron chi connectivity index (χ3n) is 3.81. The lowest BCUT2D eigenvalue weighted by molar-refractivity contribution is 0.204. The molecule has 0 aromatic carbocycles. The Labute approximate surface area is 123 Å². The van der Waals surface area contributed by atoms with Crippen LogP contribution in [0.2, 0.25) is 0 Å². The number of nitrogen functional groups attached to an aromatic ring is 1. The molecule has 0 radical (unpaired) electrons. The second-order valence-electron chi connectivity index (χ2n) is 5.16. The maximum Gasteiger partial charge on any atom is 0.180 e. The van der Waals surface area contributed by atoms with Gasteiger partial charge in [-0.1, -0.05) is 0 Å². The van der Waals surface area contributed by atoms with E-state index in [1.54, 1.807) is 6.20 Å². The first-order chi connectivity index (χ1) is 10.3. The second-order valence-corrected chi connectivity index (χ2v) is 5.16. The Morgan fingerprint density at radius 1 is 1.29 bits per heavy atom. The molecule has 2 aromatic rings. The van der Waals surface area contributed by atoms with Crippen molar-refractivity contribution >= 4 is 17.3 Å². The lowest BCUT2D eigenvalue weighted by atomic mass is 10.3. The fraction of sp³-hybridized carbons (Fsp3) is 0.538. The van der Waals surface area contributed by atoms with Gasteiger partial charge in [-0.25, -0.2) is 15.8 Å². The number of nitrogens with two attached hydrogens (primary N) is 1. The molecule has 0 saturated carbocycles. The first kappa shape index (κ1) is 14.1. The van der Waals surface area contributed by atoms with Gasteiger partial charge in [0, 0.05) is 38.6 Å². The van der Waals surface area contributed by atoms with E-state index in [9.17, 15) is 0 Å². The Balaban J connectivity index is 1.87. The number of aromatic nitrogens is 3. The highest BCUT2D eigenvalue weighted by atomic mass is 16.3. The smallest absolute Gasteiger partial charge is 0.180 e. The van der Waals surface area contributed by atoms with Crippen LogP contribution in [0.1, 0.15) is 6.42 Å². The fourth-order valence-electron chi connectivity index (χ4n) is 2.74. The molecular formula is C13H21N7O. The van der Waals surface area contributed by atoms with Crippen molar-refractivity contribution in [3.8, 4) is 0 Å². The van der Waals surface area contributed by atoms with Crippen molar-refractivity contribution in [2.24, 2.45) is 5.84 Å². The molecule has 1 saturated heterocycles. The molecule has 8 nitrogen and oxygen atoms in total. The average Bonchev–Trinajstić information content (AvgIpc) is 2.86. The minimum Gasteiger partial charge on any atom is -0.395 e. The molecule has 8 heteroatoms. The van der Waals surface area contributed by atoms with Crippen LogP contribution in [0, 0.1) is 0 Å². The van der Waals surface area contributed by atoms with Crippen LogP contribution < -0.4 is 16.2 Å². The van der Waals surface area contributed by atoms with Crippen LogP contribution >= 0.6 is 0 Å². The summed E-state index contributed by atoms with van der Waals surface area (Å²) in [4.78, 5) is 13.5. The van der Waals surface area contributed by atoms with E-state index in [1.165, 1.54) is 0 Å². The van der Waals surface area contributed by atoms with Gasteiger partial charge in [-0.3, -0.25) is 4.90 Å². The minimum atomic E-state index is 0.204. The van der Waals surface area contributed by atoms with Crippen LogP contribution in [-0.4, -0.2) is 63.7 Å². The van der Waals surface area contributed by atoms with E-state index >= 15 is 0 Å². The summed E-state index contributed by atoms with van der Waals surface area (Å²) >= 11 is 0. The molecule has 1 aliphatic heterocycles. The predicted molar refractivity (Wildman–Crippen MR) is 81.2 cm³/mol. The van der Waals surface area contributed by atoms with Crippen molar-refractivity contribution in [2.45, 2.75) is 6.42 Å². The van der Waals surface area contributed by atoms with E-state index in [2.05, 4.69) is 25.2 Å². The number of imidazole rings is 1. The molecular weight excluding hydrogens is 270 g/mol. The summed E-state index contributed by atoms with van der Waals surface area (Å²) in [6.07, 6.45) is 6.50. The summed E-state index contributed by atoms with van der Waals surface area (Å²) in [6.45, 7) is 4.63. The van der Waals surface area contributed by atoms with E-state index in [4.69, 9.17) is 10.9 Å². The number of nitrogens with zero attached hydrogens (tertiary/aromatic N) is 5. The standard InChI is InChI=1S/C13H21N7O/c14-17-11-10-20-5-2-15-12(20)13(16-11)19-4-1-3-18(6-7-19)8-9-21/h2,5,10,17,21H,1,3-4,6-9,14H2. The molecule has 0 amide bonds. The van der Waals surface area contributed by atoms with E-state index in [-0.39, 0.29) is 6.61 Å². The van der Waals surface area contributed by atoms with E-state index < -0.39 is 0 Å². The van der Waals surface area contributed by atoms with Crippen molar-refractivity contribution < 1.29 is 5.11 Å². The van der Waals surface area contributed by atoms with Gasteiger partial charge in [0.2, 0.25) is 0 Å². The van der Waals surface area contributed by atoms with Crippen molar-refractivity contribution in [3.05, 3.63) is 18.6 Å². The zero-order valence-electron chi connectivity index (χ0n) is 11.9. The summed E-state index contributed by atoms with van der Waals surface area (Å²) in [5, 5.41) is 9.07. The van der Waals surface area contributed by atoms with Crippen molar-refractivity contribution in [1.29, 1.82) is 0 Å². The van der Waals surface area contributed by atoms with Crippen LogP contribution in [0.4, 0.5) is 11.6 Å². The molecule has 3 rings (SSSR count). The van der Waals surface area contributed by atoms with Gasteiger partial charge in [-0.15, -0.1) is 0 Å². The van der Waals surface area contributed by atoms with Crippen molar-refractivity contribution in [1.82, 2.24) is 19.3 Å². The molecule has 4 N–H and O–H groups in total. The lowest BCUT2D eigenvalue weighted by Crippen LogP contribution is -2.33. The van der Waals surface area contributed by atoms with Gasteiger partial charge in [-0.2, -0.15) is 0 Å². The maximum atomic E-state index is 9.07. The van der Waals surface area contributed by atoms with Gasteiger partial charge in [0.25, 0.3) is 0 Å². The number of β-amino-alcohol motifs (C(OH)–C–C–N with tert-alkyl or cyclic N) is 1. The minimum absolute atomic E-state index is 0.204. The van der Waals surface area contributed by atoms with Crippen LogP contribution in [0.3, 0.4) is 0 Å². The quantitative estimate of drug-likeness (QED) is 0.517. The number of aliphatic hydroxyl groups excluding tert-OH is 1. The molecule has 1 fully saturated rings. The highest BCUT2D eigenvalue weighted by Crippen LogP contribution is 2.21. The highest BCUT2D eigenvalue weighted by molar-refractivity contribution is 5.66. The summed E-state index contributed by atoms with van der Waals surface area (Å²) in [7, 11) is 0. The first-order valence-electron chi connectivity index (χ1n) is 7.20. The van der Waals surface area contributed by atoms with Gasteiger partial charge in [0.15, 0.2) is 17.3 Å². The summed E-state index contributed by atoms with van der Waals surface area (Å²) in [5.41, 5.74) is 3.44. The topological polar surface area (TPSA) is 95.0 Å². The van der Waals surface area contributed by atoms with Crippen LogP contribution in [-0.2, 0) is 0 Å². The van der Waals surface area contributed by atoms with Gasteiger partial charge in [-0.05, 0) is 13.0 Å². The molecule has 0 spiro atoms. The first-order valence-corrected chi connectivity index (χ1v) is 7.20. The van der Waals surface area contributed by atoms with Crippen molar-refractivity contribution in [3.63, 3.8) is 0 Å². The number of aliphatic hydroxyl groups is 1. The number of hydrazine groups is 1. The third kappa shape index (κ3) is 2.92. The van der Waals surface area contributed by atoms with Crippen LogP contribution in [0.5, 0.6) is 0 Å². The van der Waals surface area contributed by atoms with E-state index in [0.29, 0.717) is 5.82 Å². The third-order valence-corrected chi connectivity index (χ3v) is 3.81. The monoisotopic (exact) mass is 291 g/mol. The Hall–Kier alpha value is -1.90. The Kier molecular flexibility index (Phi) is 4.18. The number of hydrogen-bond donors (Lipinski definition) is 3. The van der Waals surface area contributed by atoms with E-state index in [1.807, 2.05) is 16.8 Å². The molecule has 114 valence electrons. The van der Waals surface area contributed by atoms with Crippen LogP contribution in [0.25, 0.3) is 5.65 Å². The Bertz CT molecular complexity index is 599. The van der Waals surface area contributed by atoms with Crippen LogP contribution in [0.15, 0.2) is 18.6 Å². The second kappa shape index (κ2) is 6.25. The predicted octanol–water partition coefficient (Wildman–Crippen LogP) is -0.481. The molecule has 2 aromatic heterocycles.